The maximum Gasteiger partial charge on any atom is 0.573 e. The molecular formula is C7H8F3NO. The van der Waals surface area contributed by atoms with E-state index in [-0.39, 0.29) is 11.9 Å². The van der Waals surface area contributed by atoms with Crippen LogP contribution in [0.15, 0.2) is 30.3 Å². The molecule has 0 saturated carbocycles. The van der Waals surface area contributed by atoms with Crippen LogP contribution in [0.2, 0.25) is 0 Å². The molecule has 1 aromatic carbocycles. The van der Waals surface area contributed by atoms with Gasteiger partial charge in [0.05, 0.1) is 0 Å². The molecule has 0 atom stereocenters. The molecule has 1 rings (SSSR count). The number of para-hydroxylation sites is 1. The summed E-state index contributed by atoms with van der Waals surface area (Å²) in [5.74, 6) is -0.194. The predicted molar refractivity (Wildman–Crippen MR) is 38.1 cm³/mol. The lowest BCUT2D eigenvalue weighted by atomic mass is 10.3. The van der Waals surface area contributed by atoms with Crippen molar-refractivity contribution in [2.24, 2.45) is 0 Å². The predicted octanol–water partition coefficient (Wildman–Crippen LogP) is 2.75. The van der Waals surface area contributed by atoms with Gasteiger partial charge in [0.25, 0.3) is 0 Å². The summed E-state index contributed by atoms with van der Waals surface area (Å²) in [6.07, 6.45) is -4.60. The van der Waals surface area contributed by atoms with Gasteiger partial charge in [-0.3, -0.25) is 0 Å². The second-order valence-corrected chi connectivity index (χ2v) is 1.86. The number of alkyl halides is 3. The van der Waals surface area contributed by atoms with E-state index in [1.165, 1.54) is 24.3 Å². The average Bonchev–Trinajstić information content (AvgIpc) is 1.85. The van der Waals surface area contributed by atoms with Gasteiger partial charge in [-0.25, -0.2) is 0 Å². The molecule has 1 aromatic rings. The van der Waals surface area contributed by atoms with E-state index >= 15 is 0 Å². The van der Waals surface area contributed by atoms with Gasteiger partial charge >= 0.3 is 6.36 Å². The van der Waals surface area contributed by atoms with Gasteiger partial charge in [0.15, 0.2) is 0 Å². The van der Waals surface area contributed by atoms with Gasteiger partial charge in [0.1, 0.15) is 5.75 Å². The maximum absolute atomic E-state index is 11.5. The number of halogens is 3. The topological polar surface area (TPSA) is 44.2 Å². The largest absolute Gasteiger partial charge is 0.573 e. The Hall–Kier alpha value is -1.23. The van der Waals surface area contributed by atoms with Crippen molar-refractivity contribution in [3.05, 3.63) is 30.3 Å². The molecule has 0 aliphatic rings. The monoisotopic (exact) mass is 179 g/mol. The first kappa shape index (κ1) is 10.8. The van der Waals surface area contributed by atoms with E-state index < -0.39 is 6.36 Å². The van der Waals surface area contributed by atoms with E-state index in [9.17, 15) is 13.2 Å². The van der Waals surface area contributed by atoms with Gasteiger partial charge in [0, 0.05) is 0 Å². The number of benzene rings is 1. The molecular weight excluding hydrogens is 171 g/mol. The molecule has 0 amide bonds. The lowest BCUT2D eigenvalue weighted by molar-refractivity contribution is -0.274. The first-order chi connectivity index (χ1) is 5.08. The van der Waals surface area contributed by atoms with Gasteiger partial charge in [-0.15, -0.1) is 13.2 Å². The van der Waals surface area contributed by atoms with E-state index in [0.717, 1.165) is 0 Å². The van der Waals surface area contributed by atoms with Crippen LogP contribution in [0.25, 0.3) is 0 Å². The molecule has 0 radical (unpaired) electrons. The second-order valence-electron chi connectivity index (χ2n) is 1.86. The van der Waals surface area contributed by atoms with E-state index in [1.807, 2.05) is 0 Å². The van der Waals surface area contributed by atoms with E-state index in [4.69, 9.17) is 0 Å². The van der Waals surface area contributed by atoms with E-state index in [1.54, 1.807) is 6.07 Å². The van der Waals surface area contributed by atoms with Gasteiger partial charge in [-0.2, -0.15) is 0 Å². The number of rotatable bonds is 1. The van der Waals surface area contributed by atoms with Crippen LogP contribution in [0, 0.1) is 0 Å². The summed E-state index contributed by atoms with van der Waals surface area (Å²) in [4.78, 5) is 0. The minimum atomic E-state index is -4.60. The Morgan fingerprint density at radius 3 is 1.92 bits per heavy atom. The SMILES string of the molecule is FC(F)(F)Oc1ccccc1.N. The van der Waals surface area contributed by atoms with Crippen molar-refractivity contribution in [3.8, 4) is 5.75 Å². The lowest BCUT2D eigenvalue weighted by Gasteiger charge is -2.07. The van der Waals surface area contributed by atoms with Crippen LogP contribution in [0.1, 0.15) is 0 Å². The highest BCUT2D eigenvalue weighted by Gasteiger charge is 2.30. The molecule has 0 heterocycles. The van der Waals surface area contributed by atoms with Crippen molar-refractivity contribution in [2.45, 2.75) is 6.36 Å². The summed E-state index contributed by atoms with van der Waals surface area (Å²) in [5.41, 5.74) is 0. The van der Waals surface area contributed by atoms with Crippen molar-refractivity contribution in [2.75, 3.05) is 0 Å². The molecule has 5 heteroatoms. The first-order valence-corrected chi connectivity index (χ1v) is 2.89. The molecule has 0 fully saturated rings. The van der Waals surface area contributed by atoms with Crippen molar-refractivity contribution in [1.82, 2.24) is 6.15 Å². The summed E-state index contributed by atoms with van der Waals surface area (Å²) < 4.78 is 38.2. The highest BCUT2D eigenvalue weighted by atomic mass is 19.4. The maximum atomic E-state index is 11.5. The molecule has 0 aliphatic heterocycles. The summed E-state index contributed by atoms with van der Waals surface area (Å²) in [7, 11) is 0. The lowest BCUT2D eigenvalue weighted by Crippen LogP contribution is -2.16. The van der Waals surface area contributed by atoms with Gasteiger partial charge in [0.2, 0.25) is 0 Å². The van der Waals surface area contributed by atoms with Crippen LogP contribution in [-0.4, -0.2) is 6.36 Å². The molecule has 12 heavy (non-hydrogen) atoms. The van der Waals surface area contributed by atoms with Crippen molar-refractivity contribution >= 4 is 0 Å². The number of hydrogen-bond donors (Lipinski definition) is 1. The van der Waals surface area contributed by atoms with Crippen LogP contribution in [0.5, 0.6) is 5.75 Å². The summed E-state index contributed by atoms with van der Waals surface area (Å²) in [5, 5.41) is 0. The minimum absolute atomic E-state index is 0. The highest BCUT2D eigenvalue weighted by molar-refractivity contribution is 5.20. The Balaban J connectivity index is 0.00000121. The Bertz CT molecular complexity index is 222. The van der Waals surface area contributed by atoms with E-state index in [0.29, 0.717) is 0 Å². The van der Waals surface area contributed by atoms with Gasteiger partial charge in [-0.05, 0) is 12.1 Å². The van der Waals surface area contributed by atoms with Crippen LogP contribution >= 0.6 is 0 Å². The fraction of sp³-hybridized carbons (Fsp3) is 0.143. The molecule has 68 valence electrons. The average molecular weight is 179 g/mol. The Morgan fingerprint density at radius 2 is 1.50 bits per heavy atom. The molecule has 0 spiro atoms. The van der Waals surface area contributed by atoms with E-state index in [2.05, 4.69) is 4.74 Å². The smallest absolute Gasteiger partial charge is 0.406 e. The quantitative estimate of drug-likeness (QED) is 0.720. The summed E-state index contributed by atoms with van der Waals surface area (Å²) in [6.45, 7) is 0. The van der Waals surface area contributed by atoms with Crippen LogP contribution in [0.3, 0.4) is 0 Å². The van der Waals surface area contributed by atoms with Crippen molar-refractivity contribution in [3.63, 3.8) is 0 Å². The first-order valence-electron chi connectivity index (χ1n) is 2.89. The zero-order chi connectivity index (χ0) is 8.32. The second kappa shape index (κ2) is 3.96. The molecule has 0 bridgehead atoms. The van der Waals surface area contributed by atoms with Crippen LogP contribution in [0.4, 0.5) is 13.2 Å². The van der Waals surface area contributed by atoms with Crippen molar-refractivity contribution < 1.29 is 17.9 Å². The standard InChI is InChI=1S/C7H5F3O.H3N/c8-7(9,10)11-6-4-2-1-3-5-6;/h1-5H;1H3. The van der Waals surface area contributed by atoms with Crippen LogP contribution < -0.4 is 10.9 Å². The Labute approximate surface area is 67.5 Å². The highest BCUT2D eigenvalue weighted by Crippen LogP contribution is 2.21. The fourth-order valence-corrected chi connectivity index (χ4v) is 0.622. The summed E-state index contributed by atoms with van der Waals surface area (Å²) >= 11 is 0. The Kier molecular flexibility index (Phi) is 3.56. The van der Waals surface area contributed by atoms with Gasteiger partial charge < -0.3 is 10.9 Å². The zero-order valence-electron chi connectivity index (χ0n) is 6.14. The molecule has 2 nitrogen and oxygen atoms in total. The Morgan fingerprint density at radius 1 is 1.00 bits per heavy atom. The molecule has 0 aromatic heterocycles. The number of ether oxygens (including phenoxy) is 1. The third-order valence-electron chi connectivity index (χ3n) is 0.977. The summed E-state index contributed by atoms with van der Waals surface area (Å²) in [6, 6.07) is 7.05. The minimum Gasteiger partial charge on any atom is -0.406 e. The molecule has 3 N–H and O–H groups in total. The molecule has 0 unspecified atom stereocenters. The van der Waals surface area contributed by atoms with Crippen molar-refractivity contribution in [1.29, 1.82) is 0 Å². The molecule has 0 saturated heterocycles. The number of hydrogen-bond acceptors (Lipinski definition) is 2. The van der Waals surface area contributed by atoms with Gasteiger partial charge in [-0.1, -0.05) is 18.2 Å². The van der Waals surface area contributed by atoms with Crippen LogP contribution in [-0.2, 0) is 0 Å². The third kappa shape index (κ3) is 3.82. The fourth-order valence-electron chi connectivity index (χ4n) is 0.622. The third-order valence-corrected chi connectivity index (χ3v) is 0.977. The molecule has 0 aliphatic carbocycles. The normalized spacial score (nSPS) is 10.2. The zero-order valence-corrected chi connectivity index (χ0v) is 6.14.